The van der Waals surface area contributed by atoms with Crippen molar-refractivity contribution in [2.75, 3.05) is 20.1 Å². The van der Waals surface area contributed by atoms with E-state index in [9.17, 15) is 4.79 Å². The van der Waals surface area contributed by atoms with Crippen LogP contribution < -0.4 is 5.32 Å². The van der Waals surface area contributed by atoms with Crippen LogP contribution in [0.2, 0.25) is 0 Å². The topological polar surface area (TPSA) is 32.3 Å². The molecule has 0 fully saturated rings. The van der Waals surface area contributed by atoms with Crippen LogP contribution in [0.5, 0.6) is 0 Å². The average molecular weight is 275 g/mol. The van der Waals surface area contributed by atoms with Gasteiger partial charge in [0.15, 0.2) is 0 Å². The number of rotatable bonds is 4. The summed E-state index contributed by atoms with van der Waals surface area (Å²) in [6.45, 7) is 2.63. The van der Waals surface area contributed by atoms with E-state index >= 15 is 0 Å². The van der Waals surface area contributed by atoms with Crippen LogP contribution in [-0.2, 0) is 17.8 Å². The van der Waals surface area contributed by atoms with E-state index in [4.69, 9.17) is 0 Å². The minimum Gasteiger partial charge on any atom is -0.338 e. The molecule has 1 aromatic rings. The van der Waals surface area contributed by atoms with Gasteiger partial charge >= 0.3 is 0 Å². The second kappa shape index (κ2) is 6.99. The minimum atomic E-state index is 0. The van der Waals surface area contributed by atoms with Gasteiger partial charge in [0.1, 0.15) is 0 Å². The van der Waals surface area contributed by atoms with Gasteiger partial charge < -0.3 is 10.2 Å². The summed E-state index contributed by atoms with van der Waals surface area (Å²) < 4.78 is 0. The minimum absolute atomic E-state index is 0. The van der Waals surface area contributed by atoms with Gasteiger partial charge in [0.05, 0.1) is 0 Å². The molecule has 1 aliphatic rings. The summed E-state index contributed by atoms with van der Waals surface area (Å²) in [5.41, 5.74) is 1.35. The van der Waals surface area contributed by atoms with Crippen LogP contribution in [-0.4, -0.2) is 30.9 Å². The predicted octanol–water partition coefficient (Wildman–Crippen LogP) is 2.05. The van der Waals surface area contributed by atoms with E-state index in [0.29, 0.717) is 12.3 Å². The van der Waals surface area contributed by atoms with E-state index in [2.05, 4.69) is 16.8 Å². The molecular weight excluding hydrogens is 256 g/mol. The second-order valence-corrected chi connectivity index (χ2v) is 5.14. The molecule has 0 aliphatic carbocycles. The van der Waals surface area contributed by atoms with Crippen LogP contribution >= 0.6 is 23.7 Å². The van der Waals surface area contributed by atoms with Crippen LogP contribution in [0.3, 0.4) is 0 Å². The molecule has 0 spiro atoms. The number of hydrogen-bond acceptors (Lipinski definition) is 3. The van der Waals surface area contributed by atoms with Gasteiger partial charge in [-0.3, -0.25) is 4.79 Å². The van der Waals surface area contributed by atoms with Gasteiger partial charge in [0.2, 0.25) is 5.91 Å². The van der Waals surface area contributed by atoms with Gasteiger partial charge in [0, 0.05) is 24.4 Å². The van der Waals surface area contributed by atoms with Gasteiger partial charge in [0.25, 0.3) is 0 Å². The molecule has 0 atom stereocenters. The molecule has 1 N–H and O–H groups in total. The maximum absolute atomic E-state index is 11.9. The molecule has 1 aliphatic heterocycles. The lowest BCUT2D eigenvalue weighted by atomic mass is 10.1. The third-order valence-corrected chi connectivity index (χ3v) is 4.00. The van der Waals surface area contributed by atoms with Gasteiger partial charge in [-0.25, -0.2) is 0 Å². The van der Waals surface area contributed by atoms with Crippen molar-refractivity contribution >= 4 is 29.7 Å². The normalized spacial score (nSPS) is 14.1. The largest absolute Gasteiger partial charge is 0.338 e. The highest BCUT2D eigenvalue weighted by atomic mass is 35.5. The van der Waals surface area contributed by atoms with Crippen molar-refractivity contribution in [1.82, 2.24) is 10.2 Å². The third-order valence-electron chi connectivity index (χ3n) is 2.98. The molecule has 1 amide bonds. The lowest BCUT2D eigenvalue weighted by molar-refractivity contribution is -0.132. The molecule has 2 rings (SSSR count). The van der Waals surface area contributed by atoms with Crippen LogP contribution in [0.25, 0.3) is 0 Å². The number of carbonyl (C=O) groups excluding carboxylic acids is 1. The summed E-state index contributed by atoms with van der Waals surface area (Å²) in [7, 11) is 1.92. The number of fused-ring (bicyclic) bond motifs is 1. The number of amides is 1. The monoisotopic (exact) mass is 274 g/mol. The first-order valence-corrected chi connectivity index (χ1v) is 6.67. The molecule has 1 aromatic heterocycles. The molecule has 0 saturated heterocycles. The molecule has 96 valence electrons. The number of nitrogens with zero attached hydrogens (tertiary/aromatic N) is 1. The van der Waals surface area contributed by atoms with Gasteiger partial charge in [-0.2, -0.15) is 0 Å². The average Bonchev–Trinajstić information content (AvgIpc) is 2.76. The van der Waals surface area contributed by atoms with E-state index in [-0.39, 0.29) is 12.4 Å². The molecule has 0 unspecified atom stereocenters. The Hall–Kier alpha value is -0.580. The van der Waals surface area contributed by atoms with Crippen LogP contribution in [0, 0.1) is 0 Å². The maximum atomic E-state index is 11.9. The zero-order valence-electron chi connectivity index (χ0n) is 10.1. The van der Waals surface area contributed by atoms with E-state index in [1.807, 2.05) is 23.3 Å². The molecule has 0 bridgehead atoms. The lowest BCUT2D eigenvalue weighted by Crippen LogP contribution is -2.35. The highest BCUT2D eigenvalue weighted by Crippen LogP contribution is 2.24. The standard InChI is InChI=1S/C12H18N2OS.ClH/c1-13-6-2-3-12(15)14-7-4-11-10(9-14)5-8-16-11;/h5,8,13H,2-4,6-7,9H2,1H3;1H. The summed E-state index contributed by atoms with van der Waals surface area (Å²) in [6.07, 6.45) is 2.63. The summed E-state index contributed by atoms with van der Waals surface area (Å²) in [4.78, 5) is 15.4. The Balaban J connectivity index is 0.00000144. The fourth-order valence-corrected chi connectivity index (χ4v) is 2.93. The summed E-state index contributed by atoms with van der Waals surface area (Å²) >= 11 is 1.81. The number of halogens is 1. The molecular formula is C12H19ClN2OS. The van der Waals surface area contributed by atoms with Crippen LogP contribution in [0.4, 0.5) is 0 Å². The Morgan fingerprint density at radius 3 is 3.18 bits per heavy atom. The Bertz CT molecular complexity index is 367. The number of carbonyl (C=O) groups is 1. The van der Waals surface area contributed by atoms with Crippen molar-refractivity contribution in [2.24, 2.45) is 0 Å². The zero-order chi connectivity index (χ0) is 11.4. The van der Waals surface area contributed by atoms with Crippen molar-refractivity contribution < 1.29 is 4.79 Å². The van der Waals surface area contributed by atoms with E-state index in [1.54, 1.807) is 0 Å². The second-order valence-electron chi connectivity index (χ2n) is 4.14. The first-order chi connectivity index (χ1) is 7.81. The third kappa shape index (κ3) is 3.69. The van der Waals surface area contributed by atoms with Gasteiger partial charge in [-0.1, -0.05) is 0 Å². The van der Waals surface area contributed by atoms with Crippen LogP contribution in [0.1, 0.15) is 23.3 Å². The lowest BCUT2D eigenvalue weighted by Gasteiger charge is -2.27. The molecule has 0 saturated carbocycles. The quantitative estimate of drug-likeness (QED) is 0.853. The number of hydrogen-bond donors (Lipinski definition) is 1. The summed E-state index contributed by atoms with van der Waals surface area (Å²) in [5, 5.41) is 5.19. The maximum Gasteiger partial charge on any atom is 0.222 e. The van der Waals surface area contributed by atoms with Crippen molar-refractivity contribution in [3.05, 3.63) is 21.9 Å². The van der Waals surface area contributed by atoms with Gasteiger partial charge in [-0.05, 0) is 43.4 Å². The Labute approximate surface area is 113 Å². The van der Waals surface area contributed by atoms with Crippen molar-refractivity contribution in [3.63, 3.8) is 0 Å². The van der Waals surface area contributed by atoms with Crippen molar-refractivity contribution in [2.45, 2.75) is 25.8 Å². The number of thiophene rings is 1. The fourth-order valence-electron chi connectivity index (χ4n) is 2.04. The van der Waals surface area contributed by atoms with E-state index in [0.717, 1.165) is 32.5 Å². The van der Waals surface area contributed by atoms with Gasteiger partial charge in [-0.15, -0.1) is 23.7 Å². The van der Waals surface area contributed by atoms with E-state index in [1.165, 1.54) is 10.4 Å². The highest BCUT2D eigenvalue weighted by Gasteiger charge is 2.20. The SMILES string of the molecule is CNCCCC(=O)N1CCc2sccc2C1.Cl. The first-order valence-electron chi connectivity index (χ1n) is 5.79. The number of nitrogens with one attached hydrogen (secondary N) is 1. The molecule has 17 heavy (non-hydrogen) atoms. The summed E-state index contributed by atoms with van der Waals surface area (Å²) in [5.74, 6) is 0.298. The molecule has 3 nitrogen and oxygen atoms in total. The Kier molecular flexibility index (Phi) is 5.95. The van der Waals surface area contributed by atoms with Crippen molar-refractivity contribution in [3.8, 4) is 0 Å². The fraction of sp³-hybridized carbons (Fsp3) is 0.583. The van der Waals surface area contributed by atoms with E-state index < -0.39 is 0 Å². The Morgan fingerprint density at radius 2 is 2.41 bits per heavy atom. The first kappa shape index (κ1) is 14.5. The Morgan fingerprint density at radius 1 is 1.59 bits per heavy atom. The predicted molar refractivity (Wildman–Crippen MR) is 73.8 cm³/mol. The molecule has 0 radical (unpaired) electrons. The smallest absolute Gasteiger partial charge is 0.222 e. The zero-order valence-corrected chi connectivity index (χ0v) is 11.7. The highest BCUT2D eigenvalue weighted by molar-refractivity contribution is 7.10. The summed E-state index contributed by atoms with van der Waals surface area (Å²) in [6, 6.07) is 2.15. The molecule has 0 aromatic carbocycles. The van der Waals surface area contributed by atoms with Crippen LogP contribution in [0.15, 0.2) is 11.4 Å². The molecule has 5 heteroatoms. The molecule has 2 heterocycles. The van der Waals surface area contributed by atoms with Crippen molar-refractivity contribution in [1.29, 1.82) is 0 Å².